The fourth-order valence-corrected chi connectivity index (χ4v) is 0. The Morgan fingerprint density at radius 3 is 0.833 bits per heavy atom. The monoisotopic (exact) mass is 156 g/mol. The van der Waals surface area contributed by atoms with Crippen LogP contribution in [0, 0.1) is 23.7 Å². The van der Waals surface area contributed by atoms with Crippen LogP contribution < -0.4 is 0 Å². The molecule has 0 aromatic carbocycles. The minimum Gasteiger partial charge on any atom is -0.512 e. The van der Waals surface area contributed by atoms with Gasteiger partial charge in [-0.25, -0.2) is 0 Å². The van der Waals surface area contributed by atoms with E-state index in [0.29, 0.717) is 0 Å². The van der Waals surface area contributed by atoms with Crippen LogP contribution in [0.3, 0.4) is 0 Å². The molecule has 0 aromatic rings. The van der Waals surface area contributed by atoms with Gasteiger partial charge in [-0.2, -0.15) is 0 Å². The van der Waals surface area contributed by atoms with E-state index in [2.05, 4.69) is 0 Å². The molecule has 0 aromatic heterocycles. The van der Waals surface area contributed by atoms with E-state index in [1.165, 1.54) is 0 Å². The van der Waals surface area contributed by atoms with Crippen molar-refractivity contribution >= 4 is 0 Å². The number of nitrogens with zero attached hydrogens (tertiary/aromatic N) is 2. The number of hydrogen-bond acceptors (Lipinski definition) is 2. The van der Waals surface area contributed by atoms with E-state index in [1.54, 1.807) is 0 Å². The Labute approximate surface area is 62.5 Å². The summed E-state index contributed by atoms with van der Waals surface area (Å²) in [7, 11) is 0. The van der Waals surface area contributed by atoms with Gasteiger partial charge in [0, 0.05) is 21.7 Å². The third-order valence-corrected chi connectivity index (χ3v) is 0. The van der Waals surface area contributed by atoms with Gasteiger partial charge in [-0.15, -0.1) is 0 Å². The predicted molar refractivity (Wildman–Crippen MR) is 9.94 cm³/mol. The second-order valence-electron chi connectivity index (χ2n) is 0. The van der Waals surface area contributed by atoms with Crippen LogP contribution in [0.5, 0.6) is 0 Å². The molecule has 0 amide bonds. The zero-order chi connectivity index (χ0) is 4.00. The second-order valence-corrected chi connectivity index (χ2v) is 0. The topological polar surface area (TPSA) is 47.6 Å². The van der Waals surface area contributed by atoms with Crippen LogP contribution in [0.4, 0.5) is 0 Å². The zero-order valence-corrected chi connectivity index (χ0v) is 5.41. The van der Waals surface area contributed by atoms with Crippen LogP contribution in [-0.2, 0) is 38.8 Å². The number of rotatable bonds is 0. The van der Waals surface area contributed by atoms with Crippen LogP contribution in [-0.4, -0.2) is 0 Å². The van der Waals surface area contributed by atoms with Crippen molar-refractivity contribution < 1.29 is 38.8 Å². The molecule has 0 spiro atoms. The van der Waals surface area contributed by atoms with Crippen LogP contribution in [0.1, 0.15) is 0 Å². The van der Waals surface area contributed by atoms with Crippen molar-refractivity contribution in [2.45, 2.75) is 0 Å². The van der Waals surface area contributed by atoms with E-state index in [4.69, 9.17) is 23.7 Å². The second kappa shape index (κ2) is 2030. The molecular weight excluding hydrogens is 156 g/mol. The van der Waals surface area contributed by atoms with Gasteiger partial charge in [0.25, 0.3) is 0 Å². The molecule has 0 aliphatic heterocycles. The first-order valence-electron chi connectivity index (χ1n) is 0.447. The molecule has 0 saturated heterocycles. The van der Waals surface area contributed by atoms with E-state index in [1.807, 2.05) is 0 Å². The molecule has 6 heavy (non-hydrogen) atoms. The van der Waals surface area contributed by atoms with Gasteiger partial charge < -0.3 is 23.7 Å². The summed E-state index contributed by atoms with van der Waals surface area (Å²) >= 11 is 0. The molecular formula is C2FeN2Ti. The zero-order valence-electron chi connectivity index (χ0n) is 2.75. The maximum atomic E-state index is 6.25. The minimum absolute atomic E-state index is 0. The fourth-order valence-electron chi connectivity index (χ4n) is 0. The summed E-state index contributed by atoms with van der Waals surface area (Å²) in [6.45, 7) is 9.50. The van der Waals surface area contributed by atoms with Gasteiger partial charge in [-0.1, -0.05) is 0 Å². The molecule has 2 nitrogen and oxygen atoms in total. The van der Waals surface area contributed by atoms with Crippen LogP contribution in [0.15, 0.2) is 0 Å². The molecule has 0 aliphatic carbocycles. The van der Waals surface area contributed by atoms with Crippen LogP contribution >= 0.6 is 0 Å². The molecule has 0 rings (SSSR count). The molecule has 0 atom stereocenters. The maximum Gasteiger partial charge on any atom is 2.00 e. The van der Waals surface area contributed by atoms with Crippen molar-refractivity contribution in [1.82, 2.24) is 0 Å². The SMILES string of the molecule is [C-]#N.[C-]#N.[Fe+2].[Ti]. The summed E-state index contributed by atoms with van der Waals surface area (Å²) in [4.78, 5) is 0. The first-order valence-corrected chi connectivity index (χ1v) is 0.447. The first kappa shape index (κ1) is 34.5. The van der Waals surface area contributed by atoms with E-state index in [9.17, 15) is 0 Å². The molecule has 30 valence electrons. The Kier molecular flexibility index (Phi) is 11600. The van der Waals surface area contributed by atoms with Gasteiger partial charge in [0.2, 0.25) is 0 Å². The van der Waals surface area contributed by atoms with Crippen LogP contribution in [0.25, 0.3) is 0 Å². The molecule has 0 saturated carbocycles. The van der Waals surface area contributed by atoms with E-state index < -0.39 is 0 Å². The average molecular weight is 156 g/mol. The maximum absolute atomic E-state index is 6.25. The third-order valence-electron chi connectivity index (χ3n) is 0. The standard InChI is InChI=1S/2CN.Fe.Ti/c2*1-2;;/q2*-1;+2;. The van der Waals surface area contributed by atoms with Crippen molar-refractivity contribution in [2.24, 2.45) is 0 Å². The molecule has 4 heteroatoms. The fraction of sp³-hybridized carbons (Fsp3) is 0. The van der Waals surface area contributed by atoms with Gasteiger partial charge in [-0.3, -0.25) is 0 Å². The van der Waals surface area contributed by atoms with Crippen LogP contribution in [0.2, 0.25) is 0 Å². The van der Waals surface area contributed by atoms with E-state index in [0.717, 1.165) is 0 Å². The average Bonchev–Trinajstić information content (AvgIpc) is 1.50. The van der Waals surface area contributed by atoms with Crippen molar-refractivity contribution in [3.63, 3.8) is 0 Å². The van der Waals surface area contributed by atoms with Gasteiger partial charge >= 0.3 is 17.1 Å². The molecule has 0 radical (unpaired) electrons. The summed E-state index contributed by atoms with van der Waals surface area (Å²) in [5.74, 6) is 0. The molecule has 0 aliphatic rings. The summed E-state index contributed by atoms with van der Waals surface area (Å²) < 4.78 is 0. The third kappa shape index (κ3) is 952. The van der Waals surface area contributed by atoms with Crippen molar-refractivity contribution in [3.05, 3.63) is 13.1 Å². The molecule has 0 bridgehead atoms. The van der Waals surface area contributed by atoms with Gasteiger partial charge in [0.15, 0.2) is 0 Å². The predicted octanol–water partition coefficient (Wildman–Crippen LogP) is 0.188. The first-order chi connectivity index (χ1) is 2.00. The van der Waals surface area contributed by atoms with Gasteiger partial charge in [-0.05, 0) is 0 Å². The molecule has 0 fully saturated rings. The summed E-state index contributed by atoms with van der Waals surface area (Å²) in [6, 6.07) is 0. The van der Waals surface area contributed by atoms with Crippen molar-refractivity contribution in [1.29, 1.82) is 10.5 Å². The summed E-state index contributed by atoms with van der Waals surface area (Å²) in [6.07, 6.45) is 0. The minimum atomic E-state index is 0. The molecule has 0 N–H and O–H groups in total. The van der Waals surface area contributed by atoms with Crippen molar-refractivity contribution in [3.8, 4) is 0 Å². The number of hydrogen-bond donors (Lipinski definition) is 0. The largest absolute Gasteiger partial charge is 2.00 e. The van der Waals surface area contributed by atoms with E-state index in [-0.39, 0.29) is 38.8 Å². The summed E-state index contributed by atoms with van der Waals surface area (Å²) in [5, 5.41) is 12.5. The Morgan fingerprint density at radius 1 is 0.833 bits per heavy atom. The molecule has 0 unspecified atom stereocenters. The van der Waals surface area contributed by atoms with Gasteiger partial charge in [0.1, 0.15) is 0 Å². The van der Waals surface area contributed by atoms with E-state index >= 15 is 0 Å². The smallest absolute Gasteiger partial charge is 0.512 e. The Balaban J connectivity index is -0.00000000500. The molecule has 0 heterocycles. The Hall–Kier alpha value is 0.214. The Morgan fingerprint density at radius 2 is 0.833 bits per heavy atom. The Bertz CT molecular complexity index is 27.0. The van der Waals surface area contributed by atoms with Gasteiger partial charge in [0.05, 0.1) is 0 Å². The van der Waals surface area contributed by atoms with Crippen molar-refractivity contribution in [2.75, 3.05) is 0 Å². The quantitative estimate of drug-likeness (QED) is 0.371. The summed E-state index contributed by atoms with van der Waals surface area (Å²) in [5.41, 5.74) is 0. The normalized spacial score (nSPS) is 0.667.